The first kappa shape index (κ1) is 17.0. The number of nitrogens with zero attached hydrogens (tertiary/aromatic N) is 4. The van der Waals surface area contributed by atoms with E-state index in [4.69, 9.17) is 4.74 Å². The molecule has 0 saturated carbocycles. The summed E-state index contributed by atoms with van der Waals surface area (Å²) in [6.45, 7) is 3.19. The molecule has 0 aliphatic heterocycles. The molecule has 0 aliphatic carbocycles. The smallest absolute Gasteiger partial charge is 0.119 e. The summed E-state index contributed by atoms with van der Waals surface area (Å²) in [6.07, 6.45) is 3.76. The van der Waals surface area contributed by atoms with Crippen molar-refractivity contribution in [1.29, 1.82) is 0 Å². The Balaban J connectivity index is 1.38. The van der Waals surface area contributed by atoms with Gasteiger partial charge in [0.05, 0.1) is 12.7 Å². The molecule has 0 radical (unpaired) electrons. The number of aromatic nitrogens is 4. The van der Waals surface area contributed by atoms with Crippen molar-refractivity contribution in [1.82, 2.24) is 20.0 Å². The van der Waals surface area contributed by atoms with Crippen molar-refractivity contribution >= 4 is 0 Å². The van der Waals surface area contributed by atoms with E-state index in [-0.39, 0.29) is 0 Å². The molecule has 134 valence electrons. The van der Waals surface area contributed by atoms with Gasteiger partial charge in [-0.05, 0) is 42.3 Å². The SMILES string of the molecule is Cc1ccc(-c2cn(Cc3ccc(OCc4ccccc4)cc3)nn2)cn1. The van der Waals surface area contributed by atoms with Crippen LogP contribution in [0.1, 0.15) is 16.8 Å². The molecule has 2 aromatic carbocycles. The summed E-state index contributed by atoms with van der Waals surface area (Å²) >= 11 is 0. The van der Waals surface area contributed by atoms with E-state index < -0.39 is 0 Å². The summed E-state index contributed by atoms with van der Waals surface area (Å²) in [4.78, 5) is 4.31. The summed E-state index contributed by atoms with van der Waals surface area (Å²) in [5.41, 5.74) is 5.07. The molecule has 4 aromatic rings. The Labute approximate surface area is 158 Å². The highest BCUT2D eigenvalue weighted by Gasteiger charge is 2.05. The zero-order chi connectivity index (χ0) is 18.5. The third-order valence-electron chi connectivity index (χ3n) is 4.26. The fourth-order valence-electron chi connectivity index (χ4n) is 2.75. The van der Waals surface area contributed by atoms with Crippen molar-refractivity contribution in [3.05, 3.63) is 95.9 Å². The molecule has 27 heavy (non-hydrogen) atoms. The topological polar surface area (TPSA) is 52.8 Å². The van der Waals surface area contributed by atoms with Gasteiger partial charge in [-0.3, -0.25) is 4.98 Å². The Morgan fingerprint density at radius 2 is 1.70 bits per heavy atom. The molecule has 0 aliphatic rings. The molecule has 0 atom stereocenters. The molecule has 0 fully saturated rings. The molecule has 4 rings (SSSR count). The lowest BCUT2D eigenvalue weighted by Crippen LogP contribution is -2.00. The fraction of sp³-hybridized carbons (Fsp3) is 0.136. The highest BCUT2D eigenvalue weighted by atomic mass is 16.5. The van der Waals surface area contributed by atoms with Gasteiger partial charge in [0.1, 0.15) is 18.1 Å². The lowest BCUT2D eigenvalue weighted by Gasteiger charge is -2.07. The van der Waals surface area contributed by atoms with Crippen LogP contribution in [0.2, 0.25) is 0 Å². The third-order valence-corrected chi connectivity index (χ3v) is 4.26. The van der Waals surface area contributed by atoms with Gasteiger partial charge in [0.2, 0.25) is 0 Å². The molecule has 0 saturated heterocycles. The summed E-state index contributed by atoms with van der Waals surface area (Å²) in [5, 5.41) is 8.46. The minimum absolute atomic E-state index is 0.567. The predicted octanol–water partition coefficient (Wildman–Crippen LogP) is 4.28. The number of hydrogen-bond acceptors (Lipinski definition) is 4. The highest BCUT2D eigenvalue weighted by Crippen LogP contribution is 2.17. The molecule has 2 heterocycles. The van der Waals surface area contributed by atoms with E-state index in [0.717, 1.165) is 33.8 Å². The van der Waals surface area contributed by atoms with E-state index in [2.05, 4.69) is 39.6 Å². The van der Waals surface area contributed by atoms with Crippen LogP contribution in [0, 0.1) is 6.92 Å². The largest absolute Gasteiger partial charge is 0.489 e. The van der Waals surface area contributed by atoms with Crippen LogP contribution in [0.4, 0.5) is 0 Å². The van der Waals surface area contributed by atoms with Crippen LogP contribution >= 0.6 is 0 Å². The Kier molecular flexibility index (Phi) is 4.92. The third kappa shape index (κ3) is 4.39. The van der Waals surface area contributed by atoms with Crippen molar-refractivity contribution in [2.75, 3.05) is 0 Å². The maximum Gasteiger partial charge on any atom is 0.119 e. The van der Waals surface area contributed by atoms with E-state index in [1.807, 2.05) is 66.5 Å². The van der Waals surface area contributed by atoms with Crippen molar-refractivity contribution < 1.29 is 4.74 Å². The van der Waals surface area contributed by atoms with Gasteiger partial charge < -0.3 is 4.74 Å². The minimum Gasteiger partial charge on any atom is -0.489 e. The molecule has 5 heteroatoms. The number of pyridine rings is 1. The number of hydrogen-bond donors (Lipinski definition) is 0. The zero-order valence-corrected chi connectivity index (χ0v) is 15.1. The zero-order valence-electron chi connectivity index (χ0n) is 15.1. The Bertz CT molecular complexity index is 993. The van der Waals surface area contributed by atoms with Crippen LogP contribution in [-0.2, 0) is 13.2 Å². The van der Waals surface area contributed by atoms with Crippen LogP contribution in [-0.4, -0.2) is 20.0 Å². The van der Waals surface area contributed by atoms with Gasteiger partial charge in [0, 0.05) is 17.5 Å². The quantitative estimate of drug-likeness (QED) is 0.517. The first-order valence-electron chi connectivity index (χ1n) is 8.85. The average molecular weight is 356 g/mol. The van der Waals surface area contributed by atoms with E-state index >= 15 is 0 Å². The molecule has 2 aromatic heterocycles. The summed E-state index contributed by atoms with van der Waals surface area (Å²) < 4.78 is 7.66. The minimum atomic E-state index is 0.567. The van der Waals surface area contributed by atoms with Gasteiger partial charge >= 0.3 is 0 Å². The van der Waals surface area contributed by atoms with Crippen molar-refractivity contribution in [2.45, 2.75) is 20.1 Å². The Hall–Kier alpha value is -3.47. The summed E-state index contributed by atoms with van der Waals surface area (Å²) in [5.74, 6) is 0.854. The Morgan fingerprint density at radius 3 is 2.44 bits per heavy atom. The van der Waals surface area contributed by atoms with Crippen LogP contribution in [0.25, 0.3) is 11.3 Å². The molecule has 0 amide bonds. The van der Waals surface area contributed by atoms with Gasteiger partial charge in [0.15, 0.2) is 0 Å². The van der Waals surface area contributed by atoms with Crippen LogP contribution in [0.15, 0.2) is 79.1 Å². The number of rotatable bonds is 6. The van der Waals surface area contributed by atoms with Gasteiger partial charge in [0.25, 0.3) is 0 Å². The van der Waals surface area contributed by atoms with Crippen molar-refractivity contribution in [3.63, 3.8) is 0 Å². The molecule has 0 N–H and O–H groups in total. The maximum atomic E-state index is 5.83. The number of benzene rings is 2. The summed E-state index contributed by atoms with van der Waals surface area (Å²) in [7, 11) is 0. The predicted molar refractivity (Wildman–Crippen MR) is 104 cm³/mol. The maximum absolute atomic E-state index is 5.83. The standard InChI is InChI=1S/C22H20N4O/c1-17-7-10-20(13-23-17)22-15-26(25-24-22)14-18-8-11-21(12-9-18)27-16-19-5-3-2-4-6-19/h2-13,15H,14,16H2,1H3. The van der Waals surface area contributed by atoms with Crippen molar-refractivity contribution in [2.24, 2.45) is 0 Å². The van der Waals surface area contributed by atoms with Crippen molar-refractivity contribution in [3.8, 4) is 17.0 Å². The lowest BCUT2D eigenvalue weighted by atomic mass is 10.2. The van der Waals surface area contributed by atoms with Crippen LogP contribution in [0.3, 0.4) is 0 Å². The van der Waals surface area contributed by atoms with Gasteiger partial charge in [-0.25, -0.2) is 4.68 Å². The van der Waals surface area contributed by atoms with Gasteiger partial charge in [-0.15, -0.1) is 5.10 Å². The van der Waals surface area contributed by atoms with Crippen LogP contribution in [0.5, 0.6) is 5.75 Å². The monoisotopic (exact) mass is 356 g/mol. The highest BCUT2D eigenvalue weighted by molar-refractivity contribution is 5.56. The lowest BCUT2D eigenvalue weighted by molar-refractivity contribution is 0.306. The first-order valence-corrected chi connectivity index (χ1v) is 8.85. The Morgan fingerprint density at radius 1 is 0.889 bits per heavy atom. The normalized spacial score (nSPS) is 10.7. The molecule has 0 spiro atoms. The molecule has 5 nitrogen and oxygen atoms in total. The molecule has 0 bridgehead atoms. The van der Waals surface area contributed by atoms with Gasteiger partial charge in [-0.2, -0.15) is 0 Å². The van der Waals surface area contributed by atoms with Crippen LogP contribution < -0.4 is 4.74 Å². The second-order valence-electron chi connectivity index (χ2n) is 6.41. The first-order chi connectivity index (χ1) is 13.3. The molecular weight excluding hydrogens is 336 g/mol. The van der Waals surface area contributed by atoms with Gasteiger partial charge in [-0.1, -0.05) is 47.7 Å². The average Bonchev–Trinajstić information content (AvgIpc) is 3.17. The number of aryl methyl sites for hydroxylation is 1. The van der Waals surface area contributed by atoms with E-state index in [0.29, 0.717) is 13.2 Å². The molecular formula is C22H20N4O. The number of ether oxygens (including phenoxy) is 1. The second kappa shape index (κ2) is 7.83. The molecule has 0 unspecified atom stereocenters. The second-order valence-corrected chi connectivity index (χ2v) is 6.41. The van der Waals surface area contributed by atoms with E-state index in [1.165, 1.54) is 0 Å². The van der Waals surface area contributed by atoms with E-state index in [1.54, 1.807) is 0 Å². The van der Waals surface area contributed by atoms with E-state index in [9.17, 15) is 0 Å². The summed E-state index contributed by atoms with van der Waals surface area (Å²) in [6, 6.07) is 22.2. The fourth-order valence-corrected chi connectivity index (χ4v) is 2.75.